The van der Waals surface area contributed by atoms with E-state index in [1.165, 1.54) is 27.8 Å². The van der Waals surface area contributed by atoms with Gasteiger partial charge in [0.2, 0.25) is 0 Å². The highest BCUT2D eigenvalue weighted by Crippen LogP contribution is 2.44. The van der Waals surface area contributed by atoms with Crippen molar-refractivity contribution in [3.05, 3.63) is 112 Å². The van der Waals surface area contributed by atoms with E-state index in [9.17, 15) is 0 Å². The van der Waals surface area contributed by atoms with E-state index >= 15 is 0 Å². The lowest BCUT2D eigenvalue weighted by atomic mass is 9.78. The van der Waals surface area contributed by atoms with E-state index in [0.29, 0.717) is 0 Å². The fraction of sp³-hybridized carbons (Fsp3) is 0.323. The summed E-state index contributed by atoms with van der Waals surface area (Å²) >= 11 is 0. The van der Waals surface area contributed by atoms with E-state index in [1.807, 2.05) is 0 Å². The van der Waals surface area contributed by atoms with Crippen LogP contribution in [0.3, 0.4) is 0 Å². The molecule has 0 saturated carbocycles. The third-order valence-corrected chi connectivity index (χ3v) is 7.44. The van der Waals surface area contributed by atoms with Crippen molar-refractivity contribution >= 4 is 0 Å². The molecule has 1 saturated heterocycles. The smallest absolute Gasteiger partial charge is 0.137 e. The molecular formula is C31H36N4. The first kappa shape index (κ1) is 23.5. The molecule has 4 nitrogen and oxygen atoms in total. The zero-order chi connectivity index (χ0) is 24.4. The van der Waals surface area contributed by atoms with Gasteiger partial charge in [0.1, 0.15) is 5.82 Å². The van der Waals surface area contributed by atoms with E-state index in [2.05, 4.69) is 116 Å². The van der Waals surface area contributed by atoms with Crippen molar-refractivity contribution < 1.29 is 0 Å². The Labute approximate surface area is 209 Å². The standard InChI is InChI=1S/C31H36N4/c1-21-13-15-25(16-14-21)31-33-24(4)29(34-31)30(35-19-17-32-18-20-35)28(26-11-7-5-9-22(26)2)27-12-8-6-10-23(27)3/h5-16,28,30,32H,17-20H2,1-4H3,(H,33,34). The highest BCUT2D eigenvalue weighted by atomic mass is 15.2. The Morgan fingerprint density at radius 1 is 0.743 bits per heavy atom. The van der Waals surface area contributed by atoms with E-state index < -0.39 is 0 Å². The van der Waals surface area contributed by atoms with Gasteiger partial charge in [0.25, 0.3) is 0 Å². The number of imidazole rings is 1. The molecule has 1 aliphatic rings. The van der Waals surface area contributed by atoms with Gasteiger partial charge in [-0.25, -0.2) is 4.98 Å². The van der Waals surface area contributed by atoms with E-state index in [4.69, 9.17) is 4.98 Å². The molecule has 0 amide bonds. The maximum atomic E-state index is 5.30. The number of aromatic amines is 1. The first-order valence-corrected chi connectivity index (χ1v) is 12.7. The number of nitrogens with zero attached hydrogens (tertiary/aromatic N) is 2. The molecule has 3 aromatic carbocycles. The van der Waals surface area contributed by atoms with Crippen LogP contribution in [-0.2, 0) is 0 Å². The maximum Gasteiger partial charge on any atom is 0.137 e. The number of aryl methyl sites for hydroxylation is 4. The Kier molecular flexibility index (Phi) is 6.85. The molecule has 0 spiro atoms. The van der Waals surface area contributed by atoms with E-state index in [-0.39, 0.29) is 12.0 Å². The van der Waals surface area contributed by atoms with Gasteiger partial charge in [-0.05, 0) is 49.9 Å². The SMILES string of the molecule is Cc1ccc(-c2nc(C(C(c3ccccc3C)c3ccccc3C)N3CCNCC3)c(C)[nH]2)cc1. The fourth-order valence-corrected chi connectivity index (χ4v) is 5.49. The number of nitrogens with one attached hydrogen (secondary N) is 2. The molecule has 1 atom stereocenters. The first-order chi connectivity index (χ1) is 17.0. The van der Waals surface area contributed by atoms with Crippen LogP contribution in [0.4, 0.5) is 0 Å². The second-order valence-electron chi connectivity index (χ2n) is 9.88. The summed E-state index contributed by atoms with van der Waals surface area (Å²) in [5, 5.41) is 3.54. The maximum absolute atomic E-state index is 5.30. The van der Waals surface area contributed by atoms with Crippen molar-refractivity contribution in [1.29, 1.82) is 0 Å². The molecule has 5 rings (SSSR count). The molecule has 1 aliphatic heterocycles. The van der Waals surface area contributed by atoms with Gasteiger partial charge in [-0.15, -0.1) is 0 Å². The molecule has 0 radical (unpaired) electrons. The Hall–Kier alpha value is -3.21. The molecule has 4 heteroatoms. The van der Waals surface area contributed by atoms with Gasteiger partial charge in [-0.1, -0.05) is 78.4 Å². The first-order valence-electron chi connectivity index (χ1n) is 12.7. The van der Waals surface area contributed by atoms with E-state index in [0.717, 1.165) is 49.0 Å². The van der Waals surface area contributed by atoms with Crippen molar-refractivity contribution in [2.24, 2.45) is 0 Å². The molecule has 2 heterocycles. The van der Waals surface area contributed by atoms with Crippen molar-refractivity contribution in [3.63, 3.8) is 0 Å². The number of hydrogen-bond donors (Lipinski definition) is 2. The lowest BCUT2D eigenvalue weighted by Crippen LogP contribution is -2.47. The Morgan fingerprint density at radius 2 is 1.31 bits per heavy atom. The lowest BCUT2D eigenvalue weighted by Gasteiger charge is -2.40. The summed E-state index contributed by atoms with van der Waals surface area (Å²) in [4.78, 5) is 11.6. The lowest BCUT2D eigenvalue weighted by molar-refractivity contribution is 0.156. The molecule has 2 N–H and O–H groups in total. The third kappa shape index (κ3) is 4.82. The zero-order valence-corrected chi connectivity index (χ0v) is 21.3. The highest BCUT2D eigenvalue weighted by Gasteiger charge is 2.36. The fourth-order valence-electron chi connectivity index (χ4n) is 5.49. The molecule has 1 unspecified atom stereocenters. The van der Waals surface area contributed by atoms with Gasteiger partial charge < -0.3 is 10.3 Å². The average Bonchev–Trinajstić information content (AvgIpc) is 3.25. The average molecular weight is 465 g/mol. The molecule has 1 fully saturated rings. The van der Waals surface area contributed by atoms with Gasteiger partial charge in [0, 0.05) is 43.4 Å². The van der Waals surface area contributed by atoms with Crippen LogP contribution in [0.15, 0.2) is 72.8 Å². The Balaban J connectivity index is 1.70. The summed E-state index contributed by atoms with van der Waals surface area (Å²) in [6.45, 7) is 12.8. The summed E-state index contributed by atoms with van der Waals surface area (Å²) in [6.07, 6.45) is 0. The summed E-state index contributed by atoms with van der Waals surface area (Å²) in [7, 11) is 0. The summed E-state index contributed by atoms with van der Waals surface area (Å²) in [6, 6.07) is 26.5. The molecule has 1 aromatic heterocycles. The van der Waals surface area contributed by atoms with Crippen LogP contribution in [0, 0.1) is 27.7 Å². The van der Waals surface area contributed by atoms with Gasteiger partial charge >= 0.3 is 0 Å². The van der Waals surface area contributed by atoms with Gasteiger partial charge in [-0.2, -0.15) is 0 Å². The summed E-state index contributed by atoms with van der Waals surface area (Å²) in [5.41, 5.74) is 10.1. The predicted octanol–water partition coefficient (Wildman–Crippen LogP) is 6.09. The quantitative estimate of drug-likeness (QED) is 0.363. The number of aromatic nitrogens is 2. The number of benzene rings is 3. The third-order valence-electron chi connectivity index (χ3n) is 7.44. The minimum absolute atomic E-state index is 0.134. The second kappa shape index (κ2) is 10.2. The van der Waals surface area contributed by atoms with Crippen LogP contribution in [0.2, 0.25) is 0 Å². The molecule has 0 aliphatic carbocycles. The summed E-state index contributed by atoms with van der Waals surface area (Å²) < 4.78 is 0. The number of H-pyrrole nitrogens is 1. The predicted molar refractivity (Wildman–Crippen MR) is 145 cm³/mol. The Morgan fingerprint density at radius 3 is 1.89 bits per heavy atom. The van der Waals surface area contributed by atoms with Crippen molar-refractivity contribution in [2.45, 2.75) is 39.7 Å². The molecule has 35 heavy (non-hydrogen) atoms. The van der Waals surface area contributed by atoms with Gasteiger partial charge in [0.05, 0.1) is 11.7 Å². The van der Waals surface area contributed by atoms with Gasteiger partial charge in [0.15, 0.2) is 0 Å². The van der Waals surface area contributed by atoms with Gasteiger partial charge in [-0.3, -0.25) is 4.90 Å². The molecule has 4 aromatic rings. The van der Waals surface area contributed by atoms with Crippen LogP contribution >= 0.6 is 0 Å². The number of piperazine rings is 1. The largest absolute Gasteiger partial charge is 0.342 e. The second-order valence-corrected chi connectivity index (χ2v) is 9.88. The van der Waals surface area contributed by atoms with Crippen molar-refractivity contribution in [1.82, 2.24) is 20.2 Å². The molecular weight excluding hydrogens is 428 g/mol. The van der Waals surface area contributed by atoms with Crippen molar-refractivity contribution in [2.75, 3.05) is 26.2 Å². The number of hydrogen-bond acceptors (Lipinski definition) is 3. The van der Waals surface area contributed by atoms with Crippen LogP contribution in [0.5, 0.6) is 0 Å². The topological polar surface area (TPSA) is 44.0 Å². The normalized spacial score (nSPS) is 15.5. The van der Waals surface area contributed by atoms with Crippen LogP contribution in [0.25, 0.3) is 11.4 Å². The highest BCUT2D eigenvalue weighted by molar-refractivity contribution is 5.57. The van der Waals surface area contributed by atoms with Crippen LogP contribution < -0.4 is 5.32 Å². The molecule has 0 bridgehead atoms. The van der Waals surface area contributed by atoms with Crippen LogP contribution in [-0.4, -0.2) is 41.0 Å². The number of rotatable bonds is 6. The zero-order valence-electron chi connectivity index (χ0n) is 21.3. The Bertz CT molecular complexity index is 1240. The van der Waals surface area contributed by atoms with Crippen molar-refractivity contribution in [3.8, 4) is 11.4 Å². The minimum Gasteiger partial charge on any atom is -0.342 e. The van der Waals surface area contributed by atoms with Crippen LogP contribution in [0.1, 0.15) is 51.2 Å². The monoisotopic (exact) mass is 464 g/mol. The van der Waals surface area contributed by atoms with E-state index in [1.54, 1.807) is 0 Å². The minimum atomic E-state index is 0.134. The summed E-state index contributed by atoms with van der Waals surface area (Å²) in [5.74, 6) is 1.13. The molecule has 180 valence electrons.